The van der Waals surface area contributed by atoms with Gasteiger partial charge in [-0.1, -0.05) is 12.1 Å². The Morgan fingerprint density at radius 3 is 2.64 bits per heavy atom. The van der Waals surface area contributed by atoms with Crippen molar-refractivity contribution >= 4 is 33.9 Å². The number of carbonyl (C=O) groups is 1. The number of fused-ring (bicyclic) bond motifs is 3. The third-order valence-corrected chi connectivity index (χ3v) is 5.47. The number of nitrogens with one attached hydrogen (secondary N) is 2. The van der Waals surface area contributed by atoms with Crippen LogP contribution in [0.25, 0.3) is 10.9 Å². The Bertz CT molecular complexity index is 965. The molecule has 1 saturated heterocycles. The summed E-state index contributed by atoms with van der Waals surface area (Å²) in [6, 6.07) is 13.2. The lowest BCUT2D eigenvalue weighted by molar-refractivity contribution is 0.102. The van der Waals surface area contributed by atoms with Crippen LogP contribution in [-0.2, 0) is 0 Å². The Hall–Kier alpha value is -2.95. The van der Waals surface area contributed by atoms with Gasteiger partial charge in [-0.2, -0.15) is 0 Å². The van der Waals surface area contributed by atoms with Gasteiger partial charge in [-0.3, -0.25) is 4.79 Å². The van der Waals surface area contributed by atoms with E-state index in [1.807, 2.05) is 24.3 Å². The van der Waals surface area contributed by atoms with Crippen LogP contribution >= 0.6 is 0 Å². The fourth-order valence-corrected chi connectivity index (χ4v) is 4.21. The molecule has 4 N–H and O–H groups in total. The molecule has 5 nitrogen and oxygen atoms in total. The van der Waals surface area contributed by atoms with E-state index < -0.39 is 0 Å². The monoisotopic (exact) mass is 332 g/mol. The van der Waals surface area contributed by atoms with Crippen LogP contribution in [0.5, 0.6) is 0 Å². The molecule has 1 fully saturated rings. The third kappa shape index (κ3) is 2.19. The molecular weight excluding hydrogens is 312 g/mol. The molecule has 0 atom stereocenters. The van der Waals surface area contributed by atoms with Gasteiger partial charge < -0.3 is 20.9 Å². The summed E-state index contributed by atoms with van der Waals surface area (Å²) in [6.45, 7) is 2.24. The number of nitrogens with zero attached hydrogens (tertiary/aromatic N) is 1. The van der Waals surface area contributed by atoms with Crippen molar-refractivity contribution in [2.75, 3.05) is 29.0 Å². The molecule has 0 spiro atoms. The first kappa shape index (κ1) is 14.4. The Balaban J connectivity index is 1.57. The van der Waals surface area contributed by atoms with Gasteiger partial charge in [0.05, 0.1) is 16.8 Å². The number of aromatic amines is 1. The summed E-state index contributed by atoms with van der Waals surface area (Å²) < 4.78 is 0. The zero-order valence-corrected chi connectivity index (χ0v) is 13.9. The lowest BCUT2D eigenvalue weighted by Gasteiger charge is -2.40. The van der Waals surface area contributed by atoms with Gasteiger partial charge in [0, 0.05) is 41.5 Å². The van der Waals surface area contributed by atoms with Crippen LogP contribution in [0.3, 0.4) is 0 Å². The molecule has 3 aliphatic rings. The molecule has 3 aromatic rings. The molecule has 6 rings (SSSR count). The molecule has 4 heterocycles. The average molecular weight is 332 g/mol. The van der Waals surface area contributed by atoms with E-state index >= 15 is 0 Å². The van der Waals surface area contributed by atoms with Crippen LogP contribution in [0.15, 0.2) is 42.5 Å². The molecule has 25 heavy (non-hydrogen) atoms. The summed E-state index contributed by atoms with van der Waals surface area (Å²) in [5.41, 5.74) is 11.4. The minimum atomic E-state index is -0.101. The molecule has 1 aromatic heterocycles. The highest BCUT2D eigenvalue weighted by atomic mass is 16.1. The van der Waals surface area contributed by atoms with E-state index in [0.717, 1.165) is 29.7 Å². The lowest BCUT2D eigenvalue weighted by Crippen LogP contribution is -2.38. The normalized spacial score (nSPS) is 16.2. The predicted octanol–water partition coefficient (Wildman–Crippen LogP) is 3.70. The van der Waals surface area contributed by atoms with Crippen molar-refractivity contribution in [2.24, 2.45) is 0 Å². The SMILES string of the molecule is Nc1ccc(NC(=O)c2cccc3c4c([nH]c23)C2CCN4CC2)cc1. The zero-order chi connectivity index (χ0) is 17.0. The summed E-state index contributed by atoms with van der Waals surface area (Å²) in [5.74, 6) is 0.497. The van der Waals surface area contributed by atoms with E-state index in [0.29, 0.717) is 17.2 Å². The van der Waals surface area contributed by atoms with E-state index in [1.54, 1.807) is 12.1 Å². The number of para-hydroxylation sites is 1. The number of hydrogen-bond donors (Lipinski definition) is 3. The number of amides is 1. The van der Waals surface area contributed by atoms with Gasteiger partial charge in [-0.15, -0.1) is 0 Å². The van der Waals surface area contributed by atoms with Crippen LogP contribution in [0, 0.1) is 0 Å². The molecule has 2 bridgehead atoms. The number of hydrogen-bond acceptors (Lipinski definition) is 3. The molecule has 2 aromatic carbocycles. The van der Waals surface area contributed by atoms with Crippen LogP contribution < -0.4 is 16.0 Å². The molecule has 0 aliphatic carbocycles. The van der Waals surface area contributed by atoms with Crippen molar-refractivity contribution in [2.45, 2.75) is 18.8 Å². The maximum absolute atomic E-state index is 12.8. The van der Waals surface area contributed by atoms with Crippen molar-refractivity contribution in [3.05, 3.63) is 53.7 Å². The summed E-state index contributed by atoms with van der Waals surface area (Å²) >= 11 is 0. The topological polar surface area (TPSA) is 74.1 Å². The Kier molecular flexibility index (Phi) is 3.04. The van der Waals surface area contributed by atoms with Gasteiger partial charge in [-0.25, -0.2) is 0 Å². The van der Waals surface area contributed by atoms with Crippen LogP contribution in [-0.4, -0.2) is 24.0 Å². The maximum atomic E-state index is 12.8. The molecule has 126 valence electrons. The van der Waals surface area contributed by atoms with Crippen LogP contribution in [0.4, 0.5) is 17.1 Å². The van der Waals surface area contributed by atoms with Crippen LogP contribution in [0.2, 0.25) is 0 Å². The van der Waals surface area contributed by atoms with E-state index in [9.17, 15) is 4.79 Å². The summed E-state index contributed by atoms with van der Waals surface area (Å²) in [5, 5.41) is 4.12. The van der Waals surface area contributed by atoms with Gasteiger partial charge in [0.25, 0.3) is 5.91 Å². The second-order valence-corrected chi connectivity index (χ2v) is 6.95. The molecular formula is C20H20N4O. The van der Waals surface area contributed by atoms with Gasteiger partial charge in [0.1, 0.15) is 0 Å². The number of H-pyrrole nitrogens is 1. The molecule has 0 radical (unpaired) electrons. The highest BCUT2D eigenvalue weighted by molar-refractivity contribution is 6.14. The second-order valence-electron chi connectivity index (χ2n) is 6.95. The smallest absolute Gasteiger partial charge is 0.257 e. The highest BCUT2D eigenvalue weighted by Crippen LogP contribution is 2.46. The average Bonchev–Trinajstić information content (AvgIpc) is 3.06. The van der Waals surface area contributed by atoms with Gasteiger partial charge in [0.15, 0.2) is 0 Å². The second kappa shape index (κ2) is 5.28. The first-order valence-electron chi connectivity index (χ1n) is 8.77. The number of carbonyl (C=O) groups excluding carboxylic acids is 1. The minimum absolute atomic E-state index is 0.101. The summed E-state index contributed by atoms with van der Waals surface area (Å²) in [7, 11) is 0. The number of piperidine rings is 1. The van der Waals surface area contributed by atoms with E-state index in [4.69, 9.17) is 5.73 Å². The number of anilines is 3. The molecule has 5 heteroatoms. The summed E-state index contributed by atoms with van der Waals surface area (Å²) in [4.78, 5) is 18.9. The van der Waals surface area contributed by atoms with E-state index in [-0.39, 0.29) is 5.91 Å². The van der Waals surface area contributed by atoms with Crippen molar-refractivity contribution in [3.8, 4) is 0 Å². The zero-order valence-electron chi connectivity index (χ0n) is 13.9. The number of benzene rings is 2. The van der Waals surface area contributed by atoms with Crippen molar-refractivity contribution in [3.63, 3.8) is 0 Å². The minimum Gasteiger partial charge on any atom is -0.399 e. The quantitative estimate of drug-likeness (QED) is 0.626. The number of rotatable bonds is 2. The van der Waals surface area contributed by atoms with E-state index in [2.05, 4.69) is 21.3 Å². The lowest BCUT2D eigenvalue weighted by atomic mass is 9.87. The van der Waals surface area contributed by atoms with E-state index in [1.165, 1.54) is 24.2 Å². The fraction of sp³-hybridized carbons (Fsp3) is 0.250. The van der Waals surface area contributed by atoms with Crippen molar-refractivity contribution < 1.29 is 4.79 Å². The standard InChI is InChI=1S/C20H20N4O/c21-13-4-6-14(7-5-13)22-20(25)16-3-1-2-15-18(16)23-17-12-8-10-24(11-9-12)19(15)17/h1-7,12,23H,8-11,21H2,(H,22,25). The number of nitrogens with two attached hydrogens (primary N) is 1. The fourth-order valence-electron chi connectivity index (χ4n) is 4.21. The number of aromatic nitrogens is 1. The van der Waals surface area contributed by atoms with Gasteiger partial charge in [-0.05, 0) is 43.2 Å². The Morgan fingerprint density at radius 2 is 1.88 bits per heavy atom. The van der Waals surface area contributed by atoms with Gasteiger partial charge in [0.2, 0.25) is 0 Å². The third-order valence-electron chi connectivity index (χ3n) is 5.47. The van der Waals surface area contributed by atoms with Crippen molar-refractivity contribution in [1.29, 1.82) is 0 Å². The van der Waals surface area contributed by atoms with Crippen molar-refractivity contribution in [1.82, 2.24) is 4.98 Å². The van der Waals surface area contributed by atoms with Gasteiger partial charge >= 0.3 is 0 Å². The summed E-state index contributed by atoms with van der Waals surface area (Å²) in [6.07, 6.45) is 2.40. The Morgan fingerprint density at radius 1 is 1.12 bits per heavy atom. The first-order chi connectivity index (χ1) is 12.2. The molecule has 1 amide bonds. The number of nitrogen functional groups attached to an aromatic ring is 1. The predicted molar refractivity (Wildman–Crippen MR) is 101 cm³/mol. The highest BCUT2D eigenvalue weighted by Gasteiger charge is 2.34. The Labute approximate surface area is 145 Å². The molecule has 0 saturated carbocycles. The van der Waals surface area contributed by atoms with Crippen LogP contribution in [0.1, 0.15) is 34.8 Å². The first-order valence-corrected chi connectivity index (χ1v) is 8.77. The largest absolute Gasteiger partial charge is 0.399 e. The maximum Gasteiger partial charge on any atom is 0.257 e. The molecule has 0 unspecified atom stereocenters. The molecule has 3 aliphatic heterocycles.